The van der Waals surface area contributed by atoms with Crippen molar-refractivity contribution in [1.82, 2.24) is 15.0 Å². The Kier molecular flexibility index (Phi) is 4.68. The van der Waals surface area contributed by atoms with E-state index in [-0.39, 0.29) is 6.61 Å². The summed E-state index contributed by atoms with van der Waals surface area (Å²) >= 11 is 0. The third-order valence-corrected chi connectivity index (χ3v) is 4.54. The van der Waals surface area contributed by atoms with E-state index in [1.807, 2.05) is 78.9 Å². The summed E-state index contributed by atoms with van der Waals surface area (Å²) in [6.45, 7) is 0.421. The fourth-order valence-electron chi connectivity index (χ4n) is 3.23. The lowest BCUT2D eigenvalue weighted by molar-refractivity contribution is 0.269. The molecule has 3 N–H and O–H groups in total. The summed E-state index contributed by atoms with van der Waals surface area (Å²) in [6.07, 6.45) is 0. The molecule has 0 radical (unpaired) electrons. The smallest absolute Gasteiger partial charge is 0.119 e. The van der Waals surface area contributed by atoms with Crippen LogP contribution in [-0.2, 0) is 13.2 Å². The number of aliphatic hydroxyl groups excluding tert-OH is 1. The molecule has 0 aliphatic heterocycles. The molecule has 5 heteroatoms. The summed E-state index contributed by atoms with van der Waals surface area (Å²) in [7, 11) is 0. The van der Waals surface area contributed by atoms with Gasteiger partial charge in [0, 0.05) is 11.3 Å². The second kappa shape index (κ2) is 7.43. The van der Waals surface area contributed by atoms with Crippen LogP contribution in [0.3, 0.4) is 0 Å². The van der Waals surface area contributed by atoms with Gasteiger partial charge < -0.3 is 10.8 Å². The molecule has 1 aromatic heterocycles. The van der Waals surface area contributed by atoms with Crippen molar-refractivity contribution < 1.29 is 5.11 Å². The predicted molar refractivity (Wildman–Crippen MR) is 107 cm³/mol. The average molecular weight is 356 g/mol. The lowest BCUT2D eigenvalue weighted by Gasteiger charge is -2.10. The molecule has 4 aromatic rings. The van der Waals surface area contributed by atoms with Crippen LogP contribution in [0.15, 0.2) is 78.9 Å². The fraction of sp³-hybridized carbons (Fsp3) is 0.0909. The van der Waals surface area contributed by atoms with Gasteiger partial charge in [0.15, 0.2) is 0 Å². The molecule has 0 aliphatic rings. The van der Waals surface area contributed by atoms with Crippen molar-refractivity contribution in [3.63, 3.8) is 0 Å². The molecule has 1 heterocycles. The molecule has 0 bridgehead atoms. The minimum atomic E-state index is -0.138. The van der Waals surface area contributed by atoms with Gasteiger partial charge in [-0.05, 0) is 28.8 Å². The summed E-state index contributed by atoms with van der Waals surface area (Å²) in [5.74, 6) is 0. The van der Waals surface area contributed by atoms with E-state index in [9.17, 15) is 5.11 Å². The van der Waals surface area contributed by atoms with Crippen LogP contribution in [0.1, 0.15) is 11.3 Å². The lowest BCUT2D eigenvalue weighted by Crippen LogP contribution is -2.07. The number of nitrogens with two attached hydrogens (primary N) is 1. The van der Waals surface area contributed by atoms with Gasteiger partial charge in [-0.1, -0.05) is 71.9 Å². The molecule has 0 spiro atoms. The number of benzene rings is 3. The Morgan fingerprint density at radius 1 is 0.852 bits per heavy atom. The van der Waals surface area contributed by atoms with Crippen LogP contribution in [0.5, 0.6) is 0 Å². The monoisotopic (exact) mass is 356 g/mol. The Morgan fingerprint density at radius 3 is 2.33 bits per heavy atom. The van der Waals surface area contributed by atoms with Crippen molar-refractivity contribution in [2.24, 2.45) is 0 Å². The minimum absolute atomic E-state index is 0.138. The van der Waals surface area contributed by atoms with Crippen LogP contribution >= 0.6 is 0 Å². The van der Waals surface area contributed by atoms with Crippen molar-refractivity contribution in [2.75, 3.05) is 5.73 Å². The largest absolute Gasteiger partial charge is 0.399 e. The lowest BCUT2D eigenvalue weighted by atomic mass is 9.96. The van der Waals surface area contributed by atoms with Gasteiger partial charge in [-0.2, -0.15) is 0 Å². The number of nitrogen functional groups attached to an aromatic ring is 1. The second-order valence-electron chi connectivity index (χ2n) is 6.36. The van der Waals surface area contributed by atoms with Crippen LogP contribution in [0.25, 0.3) is 22.4 Å². The Hall–Kier alpha value is -3.44. The number of hydrogen-bond acceptors (Lipinski definition) is 4. The summed E-state index contributed by atoms with van der Waals surface area (Å²) in [5.41, 5.74) is 12.1. The van der Waals surface area contributed by atoms with Gasteiger partial charge in [-0.3, -0.25) is 0 Å². The van der Waals surface area contributed by atoms with Crippen LogP contribution in [-0.4, -0.2) is 20.1 Å². The summed E-state index contributed by atoms with van der Waals surface area (Å²) in [5, 5.41) is 18.7. The molecule has 0 fully saturated rings. The first-order chi connectivity index (χ1) is 13.3. The molecule has 0 unspecified atom stereocenters. The van der Waals surface area contributed by atoms with Gasteiger partial charge in [0.05, 0.1) is 18.8 Å². The molecule has 4 rings (SSSR count). The third kappa shape index (κ3) is 3.45. The maximum atomic E-state index is 10.0. The maximum absolute atomic E-state index is 10.0. The van der Waals surface area contributed by atoms with Crippen molar-refractivity contribution in [3.8, 4) is 22.4 Å². The fourth-order valence-corrected chi connectivity index (χ4v) is 3.23. The Morgan fingerprint density at radius 2 is 1.59 bits per heavy atom. The highest BCUT2D eigenvalue weighted by Crippen LogP contribution is 2.33. The summed E-state index contributed by atoms with van der Waals surface area (Å²) in [4.78, 5) is 0. The molecule has 134 valence electrons. The van der Waals surface area contributed by atoms with Gasteiger partial charge in [-0.25, -0.2) is 4.68 Å². The molecule has 0 aliphatic carbocycles. The zero-order chi connectivity index (χ0) is 18.6. The van der Waals surface area contributed by atoms with Gasteiger partial charge in [0.1, 0.15) is 5.69 Å². The van der Waals surface area contributed by atoms with E-state index in [1.54, 1.807) is 4.68 Å². The highest BCUT2D eigenvalue weighted by molar-refractivity contribution is 5.83. The molecular formula is C22H20N4O. The van der Waals surface area contributed by atoms with Crippen LogP contribution in [0.4, 0.5) is 5.69 Å². The molecule has 3 aromatic carbocycles. The molecule has 0 atom stereocenters. The minimum Gasteiger partial charge on any atom is -0.399 e. The van der Waals surface area contributed by atoms with E-state index in [4.69, 9.17) is 5.73 Å². The normalized spacial score (nSPS) is 10.9. The van der Waals surface area contributed by atoms with E-state index in [0.29, 0.717) is 23.6 Å². The predicted octanol–water partition coefficient (Wildman–Crippen LogP) is 3.73. The third-order valence-electron chi connectivity index (χ3n) is 4.54. The first-order valence-corrected chi connectivity index (χ1v) is 8.78. The molecule has 0 amide bonds. The first-order valence-electron chi connectivity index (χ1n) is 8.78. The maximum Gasteiger partial charge on any atom is 0.119 e. The van der Waals surface area contributed by atoms with Crippen molar-refractivity contribution >= 4 is 5.69 Å². The van der Waals surface area contributed by atoms with Crippen molar-refractivity contribution in [1.29, 1.82) is 0 Å². The number of rotatable bonds is 5. The molecular weight excluding hydrogens is 336 g/mol. The second-order valence-corrected chi connectivity index (χ2v) is 6.36. The highest BCUT2D eigenvalue weighted by Gasteiger charge is 2.17. The number of aromatic nitrogens is 3. The number of nitrogens with zero attached hydrogens (tertiary/aromatic N) is 3. The highest BCUT2D eigenvalue weighted by atomic mass is 16.3. The molecule has 5 nitrogen and oxygen atoms in total. The van der Waals surface area contributed by atoms with Gasteiger partial charge in [0.2, 0.25) is 0 Å². The van der Waals surface area contributed by atoms with E-state index in [0.717, 1.165) is 22.3 Å². The van der Waals surface area contributed by atoms with E-state index < -0.39 is 0 Å². The Labute approximate surface area is 157 Å². The average Bonchev–Trinajstić information content (AvgIpc) is 3.11. The molecule has 27 heavy (non-hydrogen) atoms. The molecule has 0 saturated carbocycles. The Balaban J connectivity index is 1.79. The van der Waals surface area contributed by atoms with Crippen molar-refractivity contribution in [2.45, 2.75) is 13.2 Å². The summed E-state index contributed by atoms with van der Waals surface area (Å²) < 4.78 is 1.75. The van der Waals surface area contributed by atoms with Gasteiger partial charge in [-0.15, -0.1) is 5.10 Å². The van der Waals surface area contributed by atoms with Crippen LogP contribution < -0.4 is 5.73 Å². The van der Waals surface area contributed by atoms with Gasteiger partial charge in [0.25, 0.3) is 0 Å². The van der Waals surface area contributed by atoms with E-state index >= 15 is 0 Å². The number of anilines is 1. The zero-order valence-corrected chi connectivity index (χ0v) is 14.8. The first kappa shape index (κ1) is 17.0. The summed E-state index contributed by atoms with van der Waals surface area (Å²) in [6, 6.07) is 25.7. The SMILES string of the molecule is Nc1cccc(-c2ccccc2-c2nnn(Cc3ccccc3)c2CO)c1. The Bertz CT molecular complexity index is 1060. The van der Waals surface area contributed by atoms with Crippen molar-refractivity contribution in [3.05, 3.63) is 90.1 Å². The number of aliphatic hydroxyl groups is 1. The zero-order valence-electron chi connectivity index (χ0n) is 14.8. The van der Waals surface area contributed by atoms with Gasteiger partial charge >= 0.3 is 0 Å². The van der Waals surface area contributed by atoms with E-state index in [2.05, 4.69) is 10.3 Å². The van der Waals surface area contributed by atoms with Crippen LogP contribution in [0, 0.1) is 0 Å². The topological polar surface area (TPSA) is 77.0 Å². The molecule has 0 saturated heterocycles. The quantitative estimate of drug-likeness (QED) is 0.534. The number of hydrogen-bond donors (Lipinski definition) is 2. The standard InChI is InChI=1S/C22H20N4O/c23-18-10-6-9-17(13-18)19-11-4-5-12-20(19)22-21(15-27)26(25-24-22)14-16-7-2-1-3-8-16/h1-13,27H,14-15,23H2. The van der Waals surface area contributed by atoms with Crippen LogP contribution in [0.2, 0.25) is 0 Å². The van der Waals surface area contributed by atoms with E-state index in [1.165, 1.54) is 0 Å².